The third-order valence-corrected chi connectivity index (χ3v) is 3.77. The van der Waals surface area contributed by atoms with Gasteiger partial charge in [-0.2, -0.15) is 0 Å². The van der Waals surface area contributed by atoms with Gasteiger partial charge in [0.1, 0.15) is 0 Å². The van der Waals surface area contributed by atoms with Crippen molar-refractivity contribution in [2.24, 2.45) is 0 Å². The van der Waals surface area contributed by atoms with Crippen molar-refractivity contribution in [3.05, 3.63) is 22.4 Å². The summed E-state index contributed by atoms with van der Waals surface area (Å²) in [7, 11) is 0. The molecule has 0 aliphatic heterocycles. The summed E-state index contributed by atoms with van der Waals surface area (Å²) in [4.78, 5) is 26.4. The average molecular weight is 329 g/mol. The summed E-state index contributed by atoms with van der Waals surface area (Å²) in [6.07, 6.45) is 0.491. The van der Waals surface area contributed by atoms with Crippen LogP contribution in [0.4, 0.5) is 0 Å². The van der Waals surface area contributed by atoms with E-state index < -0.39 is 0 Å². The molecule has 1 N–H and O–H groups in total. The summed E-state index contributed by atoms with van der Waals surface area (Å²) in [6.45, 7) is 3.31. The third-order valence-electron chi connectivity index (χ3n) is 2.89. The zero-order valence-corrected chi connectivity index (χ0v) is 13.6. The summed E-state index contributed by atoms with van der Waals surface area (Å²) in [5, 5.41) is 10.6. The van der Waals surface area contributed by atoms with Gasteiger partial charge in [-0.3, -0.25) is 9.59 Å². The first-order valence-electron chi connectivity index (χ1n) is 7.31. The van der Waals surface area contributed by atoms with E-state index >= 15 is 0 Å². The summed E-state index contributed by atoms with van der Waals surface area (Å²) in [6, 6.07) is 3.81. The van der Waals surface area contributed by atoms with E-state index in [4.69, 9.17) is 14.6 Å². The van der Waals surface area contributed by atoms with Crippen LogP contribution in [0.1, 0.15) is 18.2 Å². The zero-order chi connectivity index (χ0) is 16.2. The Labute approximate surface area is 134 Å². The Kier molecular flexibility index (Phi) is 9.45. The largest absolute Gasteiger partial charge is 0.466 e. The number of esters is 1. The van der Waals surface area contributed by atoms with Gasteiger partial charge >= 0.3 is 5.97 Å². The van der Waals surface area contributed by atoms with Crippen molar-refractivity contribution in [3.8, 4) is 0 Å². The normalized spacial score (nSPS) is 10.5. The number of hydrogen-bond acceptors (Lipinski definition) is 6. The Balaban J connectivity index is 2.48. The topological polar surface area (TPSA) is 76.1 Å². The van der Waals surface area contributed by atoms with Crippen LogP contribution < -0.4 is 0 Å². The van der Waals surface area contributed by atoms with Gasteiger partial charge in [0.2, 0.25) is 5.91 Å². The number of amides is 1. The SMILES string of the molecule is CCOC(=O)CCN(CCOCCO)C(=O)Cc1cccs1. The van der Waals surface area contributed by atoms with Crippen LogP contribution in [0.25, 0.3) is 0 Å². The number of aliphatic hydroxyl groups is 1. The monoisotopic (exact) mass is 329 g/mol. The lowest BCUT2D eigenvalue weighted by Crippen LogP contribution is -2.37. The summed E-state index contributed by atoms with van der Waals surface area (Å²) in [5.41, 5.74) is 0. The number of nitrogens with zero attached hydrogens (tertiary/aromatic N) is 1. The molecule has 22 heavy (non-hydrogen) atoms. The predicted molar refractivity (Wildman–Crippen MR) is 83.8 cm³/mol. The van der Waals surface area contributed by atoms with Crippen LogP contribution in [0.3, 0.4) is 0 Å². The molecule has 124 valence electrons. The van der Waals surface area contributed by atoms with Gasteiger partial charge in [-0.25, -0.2) is 0 Å². The summed E-state index contributed by atoms with van der Waals surface area (Å²) >= 11 is 1.53. The van der Waals surface area contributed by atoms with Crippen LogP contribution in [-0.4, -0.2) is 61.4 Å². The highest BCUT2D eigenvalue weighted by Crippen LogP contribution is 2.11. The standard InChI is InChI=1S/C15H23NO5S/c1-2-21-15(19)5-6-16(7-9-20-10-8-17)14(18)12-13-4-3-11-22-13/h3-4,11,17H,2,5-10,12H2,1H3. The number of rotatable bonds is 11. The number of thiophene rings is 1. The van der Waals surface area contributed by atoms with Crippen LogP contribution in [-0.2, 0) is 25.5 Å². The minimum Gasteiger partial charge on any atom is -0.466 e. The number of carbonyl (C=O) groups is 2. The Bertz CT molecular complexity index is 435. The van der Waals surface area contributed by atoms with Crippen LogP contribution >= 0.6 is 11.3 Å². The van der Waals surface area contributed by atoms with Gasteiger partial charge in [-0.1, -0.05) is 6.07 Å². The van der Waals surface area contributed by atoms with Crippen molar-refractivity contribution >= 4 is 23.2 Å². The molecule has 0 fully saturated rings. The van der Waals surface area contributed by atoms with E-state index in [9.17, 15) is 9.59 Å². The maximum absolute atomic E-state index is 12.3. The first kappa shape index (κ1) is 18.6. The van der Waals surface area contributed by atoms with E-state index in [2.05, 4.69) is 0 Å². The number of ether oxygens (including phenoxy) is 2. The van der Waals surface area contributed by atoms with Crippen LogP contribution in [0, 0.1) is 0 Å². The van der Waals surface area contributed by atoms with Gasteiger partial charge in [0, 0.05) is 18.0 Å². The lowest BCUT2D eigenvalue weighted by atomic mass is 10.3. The van der Waals surface area contributed by atoms with Crippen molar-refractivity contribution in [1.82, 2.24) is 4.90 Å². The molecule has 1 aromatic rings. The van der Waals surface area contributed by atoms with Gasteiger partial charge in [0.05, 0.1) is 39.3 Å². The molecule has 7 heteroatoms. The van der Waals surface area contributed by atoms with Crippen molar-refractivity contribution in [2.45, 2.75) is 19.8 Å². The molecule has 0 saturated heterocycles. The first-order valence-corrected chi connectivity index (χ1v) is 8.19. The fraction of sp³-hybridized carbons (Fsp3) is 0.600. The van der Waals surface area contributed by atoms with Crippen LogP contribution in [0.2, 0.25) is 0 Å². The highest BCUT2D eigenvalue weighted by atomic mass is 32.1. The Morgan fingerprint density at radius 3 is 2.77 bits per heavy atom. The zero-order valence-electron chi connectivity index (χ0n) is 12.8. The molecule has 0 bridgehead atoms. The van der Waals surface area contributed by atoms with E-state index in [1.807, 2.05) is 17.5 Å². The second kappa shape index (κ2) is 11.2. The van der Waals surface area contributed by atoms with Gasteiger partial charge in [-0.15, -0.1) is 11.3 Å². The van der Waals surface area contributed by atoms with E-state index in [-0.39, 0.29) is 31.5 Å². The molecular weight excluding hydrogens is 306 g/mol. The first-order chi connectivity index (χ1) is 10.7. The second-order valence-corrected chi connectivity index (χ2v) is 5.56. The Morgan fingerprint density at radius 2 is 2.14 bits per heavy atom. The molecule has 0 aromatic carbocycles. The molecule has 1 aromatic heterocycles. The van der Waals surface area contributed by atoms with E-state index in [1.54, 1.807) is 11.8 Å². The molecule has 0 unspecified atom stereocenters. The highest BCUT2D eigenvalue weighted by molar-refractivity contribution is 7.10. The molecule has 0 saturated carbocycles. The molecule has 0 radical (unpaired) electrons. The van der Waals surface area contributed by atoms with Crippen LogP contribution in [0.15, 0.2) is 17.5 Å². The quantitative estimate of drug-likeness (QED) is 0.486. The molecule has 1 rings (SSSR count). The third kappa shape index (κ3) is 7.53. The Morgan fingerprint density at radius 1 is 1.32 bits per heavy atom. The highest BCUT2D eigenvalue weighted by Gasteiger charge is 2.16. The number of carbonyl (C=O) groups excluding carboxylic acids is 2. The summed E-state index contributed by atoms with van der Waals surface area (Å²) < 4.78 is 10.1. The van der Waals surface area contributed by atoms with Gasteiger partial charge in [0.25, 0.3) is 0 Å². The maximum atomic E-state index is 12.3. The molecule has 6 nitrogen and oxygen atoms in total. The fourth-order valence-corrected chi connectivity index (χ4v) is 2.53. The van der Waals surface area contributed by atoms with E-state index in [0.717, 1.165) is 4.88 Å². The number of aliphatic hydroxyl groups excluding tert-OH is 1. The summed E-state index contributed by atoms with van der Waals surface area (Å²) in [5.74, 6) is -0.355. The molecule has 0 spiro atoms. The molecule has 1 heterocycles. The minimum atomic E-state index is -0.312. The second-order valence-electron chi connectivity index (χ2n) is 4.53. The molecule has 1 amide bonds. The Hall–Kier alpha value is -1.44. The van der Waals surface area contributed by atoms with E-state index in [0.29, 0.717) is 32.7 Å². The van der Waals surface area contributed by atoms with Crippen molar-refractivity contribution in [1.29, 1.82) is 0 Å². The van der Waals surface area contributed by atoms with Crippen molar-refractivity contribution in [2.75, 3.05) is 39.5 Å². The molecule has 0 atom stereocenters. The van der Waals surface area contributed by atoms with Gasteiger partial charge in [-0.05, 0) is 18.4 Å². The predicted octanol–water partition coefficient (Wildman–Crippen LogP) is 1.08. The van der Waals surface area contributed by atoms with Crippen molar-refractivity contribution in [3.63, 3.8) is 0 Å². The van der Waals surface area contributed by atoms with Gasteiger partial charge < -0.3 is 19.5 Å². The maximum Gasteiger partial charge on any atom is 0.307 e. The lowest BCUT2D eigenvalue weighted by Gasteiger charge is -2.22. The van der Waals surface area contributed by atoms with E-state index in [1.165, 1.54) is 11.3 Å². The smallest absolute Gasteiger partial charge is 0.307 e. The van der Waals surface area contributed by atoms with Crippen LogP contribution in [0.5, 0.6) is 0 Å². The number of hydrogen-bond donors (Lipinski definition) is 1. The molecule has 0 aliphatic rings. The van der Waals surface area contributed by atoms with Crippen molar-refractivity contribution < 1.29 is 24.2 Å². The minimum absolute atomic E-state index is 0.0423. The lowest BCUT2D eigenvalue weighted by molar-refractivity contribution is -0.144. The molecule has 0 aliphatic carbocycles. The average Bonchev–Trinajstić information content (AvgIpc) is 2.99. The van der Waals surface area contributed by atoms with Gasteiger partial charge in [0.15, 0.2) is 0 Å². The molecular formula is C15H23NO5S. The fourth-order valence-electron chi connectivity index (χ4n) is 1.84.